The predicted octanol–water partition coefficient (Wildman–Crippen LogP) is 1.03. The topological polar surface area (TPSA) is 60.0 Å². The molecule has 108 valence electrons. The molecule has 0 spiro atoms. The molecular formula is C11H26N2O4Si. The molecule has 0 fully saturated rings. The maximum Gasteiger partial charge on any atom is 0.407 e. The third kappa shape index (κ3) is 8.46. The Balaban J connectivity index is 3.57. The first-order valence-electron chi connectivity index (χ1n) is 6.09. The third-order valence-corrected chi connectivity index (χ3v) is 5.70. The van der Waals surface area contributed by atoms with Crippen LogP contribution >= 0.6 is 0 Å². The second kappa shape index (κ2) is 9.32. The van der Waals surface area contributed by atoms with Crippen molar-refractivity contribution in [3.8, 4) is 0 Å². The van der Waals surface area contributed by atoms with Crippen LogP contribution in [0.15, 0.2) is 0 Å². The van der Waals surface area contributed by atoms with E-state index in [1.165, 1.54) is 0 Å². The van der Waals surface area contributed by atoms with Crippen molar-refractivity contribution in [2.45, 2.75) is 19.0 Å². The first-order valence-corrected chi connectivity index (χ1v) is 8.61. The van der Waals surface area contributed by atoms with Gasteiger partial charge in [0.1, 0.15) is 6.61 Å². The molecular weight excluding hydrogens is 252 g/mol. The predicted molar refractivity (Wildman–Crippen MR) is 73.0 cm³/mol. The van der Waals surface area contributed by atoms with E-state index in [0.29, 0.717) is 13.2 Å². The van der Waals surface area contributed by atoms with Crippen molar-refractivity contribution in [3.63, 3.8) is 0 Å². The molecule has 1 N–H and O–H groups in total. The van der Waals surface area contributed by atoms with Crippen LogP contribution in [0.3, 0.4) is 0 Å². The monoisotopic (exact) mass is 278 g/mol. The van der Waals surface area contributed by atoms with E-state index in [1.807, 2.05) is 25.5 Å². The summed E-state index contributed by atoms with van der Waals surface area (Å²) in [6.45, 7) is 3.71. The zero-order chi connectivity index (χ0) is 14.0. The van der Waals surface area contributed by atoms with E-state index >= 15 is 0 Å². The van der Waals surface area contributed by atoms with E-state index in [2.05, 4.69) is 5.32 Å². The Morgan fingerprint density at radius 3 is 2.39 bits per heavy atom. The van der Waals surface area contributed by atoms with Gasteiger partial charge in [0.2, 0.25) is 0 Å². The highest BCUT2D eigenvalue weighted by molar-refractivity contribution is 6.65. The minimum absolute atomic E-state index is 0.366. The molecule has 0 rings (SSSR count). The summed E-state index contributed by atoms with van der Waals surface area (Å²) in [6.07, 6.45) is 0.461. The summed E-state index contributed by atoms with van der Waals surface area (Å²) in [5, 5.41) is 2.71. The van der Waals surface area contributed by atoms with Crippen molar-refractivity contribution in [3.05, 3.63) is 0 Å². The molecule has 0 aliphatic rings. The Kier molecular flexibility index (Phi) is 8.99. The quantitative estimate of drug-likeness (QED) is 0.504. The van der Waals surface area contributed by atoms with Gasteiger partial charge in [0.15, 0.2) is 0 Å². The standard InChI is InChI=1S/C11H26N2O4Si/c1-13(2)8-9-17-11(14)12-7-6-10-18(5,15-3)16-4/h6-10H2,1-5H3,(H,12,14). The fourth-order valence-corrected chi connectivity index (χ4v) is 2.65. The van der Waals surface area contributed by atoms with Crippen LogP contribution in [0.25, 0.3) is 0 Å². The van der Waals surface area contributed by atoms with Gasteiger partial charge in [0, 0.05) is 27.3 Å². The van der Waals surface area contributed by atoms with E-state index in [1.54, 1.807) is 14.2 Å². The zero-order valence-corrected chi connectivity index (χ0v) is 13.1. The zero-order valence-electron chi connectivity index (χ0n) is 12.1. The van der Waals surface area contributed by atoms with Gasteiger partial charge in [0.25, 0.3) is 0 Å². The molecule has 6 nitrogen and oxygen atoms in total. The molecule has 0 atom stereocenters. The van der Waals surface area contributed by atoms with Gasteiger partial charge in [-0.1, -0.05) is 0 Å². The first-order chi connectivity index (χ1) is 8.43. The lowest BCUT2D eigenvalue weighted by molar-refractivity contribution is 0.136. The molecule has 0 aromatic heterocycles. The first kappa shape index (κ1) is 17.4. The summed E-state index contributed by atoms with van der Waals surface area (Å²) in [5.41, 5.74) is 0. The number of alkyl carbamates (subject to hydrolysis) is 1. The molecule has 0 saturated heterocycles. The average molecular weight is 278 g/mol. The number of rotatable bonds is 9. The molecule has 0 aromatic carbocycles. The lowest BCUT2D eigenvalue weighted by atomic mass is 10.5. The van der Waals surface area contributed by atoms with Crippen molar-refractivity contribution in [2.75, 3.05) is 48.0 Å². The fourth-order valence-electron chi connectivity index (χ4n) is 1.26. The number of nitrogens with one attached hydrogen (secondary N) is 1. The molecule has 0 aliphatic heterocycles. The molecule has 0 radical (unpaired) electrons. The van der Waals surface area contributed by atoms with E-state index in [9.17, 15) is 4.79 Å². The SMILES string of the molecule is CO[Si](C)(CCCNC(=O)OCCN(C)C)OC. The van der Waals surface area contributed by atoms with Crippen molar-refractivity contribution in [2.24, 2.45) is 0 Å². The van der Waals surface area contributed by atoms with Crippen LogP contribution in [0.4, 0.5) is 4.79 Å². The number of carbonyl (C=O) groups is 1. The summed E-state index contributed by atoms with van der Waals surface area (Å²) < 4.78 is 15.7. The van der Waals surface area contributed by atoms with E-state index in [4.69, 9.17) is 13.6 Å². The molecule has 0 aromatic rings. The number of carbonyl (C=O) groups excluding carboxylic acids is 1. The number of likely N-dealkylation sites (N-methyl/N-ethyl adjacent to an activating group) is 1. The molecule has 0 unspecified atom stereocenters. The van der Waals surface area contributed by atoms with Gasteiger partial charge >= 0.3 is 14.7 Å². The van der Waals surface area contributed by atoms with Crippen LogP contribution in [-0.4, -0.2) is 67.6 Å². The molecule has 0 saturated carbocycles. The Bertz CT molecular complexity index is 235. The maximum absolute atomic E-state index is 11.3. The fraction of sp³-hybridized carbons (Fsp3) is 0.909. The minimum Gasteiger partial charge on any atom is -0.448 e. The lowest BCUT2D eigenvalue weighted by Gasteiger charge is -2.22. The number of nitrogens with zero attached hydrogens (tertiary/aromatic N) is 1. The van der Waals surface area contributed by atoms with Crippen molar-refractivity contribution in [1.82, 2.24) is 10.2 Å². The smallest absolute Gasteiger partial charge is 0.407 e. The van der Waals surface area contributed by atoms with Crippen LogP contribution in [0.1, 0.15) is 6.42 Å². The van der Waals surface area contributed by atoms with Crippen molar-refractivity contribution in [1.29, 1.82) is 0 Å². The summed E-state index contributed by atoms with van der Waals surface area (Å²) >= 11 is 0. The number of amides is 1. The highest BCUT2D eigenvalue weighted by Gasteiger charge is 2.27. The number of hydrogen-bond acceptors (Lipinski definition) is 5. The molecule has 1 amide bonds. The Morgan fingerprint density at radius 1 is 1.28 bits per heavy atom. The Morgan fingerprint density at radius 2 is 1.89 bits per heavy atom. The number of ether oxygens (including phenoxy) is 1. The van der Waals surface area contributed by atoms with Gasteiger partial charge in [0.05, 0.1) is 0 Å². The highest BCUT2D eigenvalue weighted by atomic mass is 28.4. The summed E-state index contributed by atoms with van der Waals surface area (Å²) in [5.74, 6) is 0. The van der Waals surface area contributed by atoms with E-state index in [-0.39, 0.29) is 6.09 Å². The van der Waals surface area contributed by atoms with Crippen molar-refractivity contribution < 1.29 is 18.4 Å². The van der Waals surface area contributed by atoms with Gasteiger partial charge < -0.3 is 23.8 Å². The second-order valence-corrected chi connectivity index (χ2v) is 8.10. The van der Waals surface area contributed by atoms with Crippen LogP contribution in [0.5, 0.6) is 0 Å². The van der Waals surface area contributed by atoms with Crippen LogP contribution in [-0.2, 0) is 13.6 Å². The molecule has 0 aliphatic carbocycles. The van der Waals surface area contributed by atoms with Crippen molar-refractivity contribution >= 4 is 14.7 Å². The van der Waals surface area contributed by atoms with Gasteiger partial charge in [-0.3, -0.25) is 0 Å². The van der Waals surface area contributed by atoms with Gasteiger partial charge in [-0.25, -0.2) is 4.79 Å². The lowest BCUT2D eigenvalue weighted by Crippen LogP contribution is -2.37. The van der Waals surface area contributed by atoms with Gasteiger partial charge in [-0.05, 0) is 33.1 Å². The van der Waals surface area contributed by atoms with Crippen LogP contribution in [0, 0.1) is 0 Å². The number of hydrogen-bond donors (Lipinski definition) is 1. The average Bonchev–Trinajstić information content (AvgIpc) is 2.34. The normalized spacial score (nSPS) is 11.7. The second-order valence-electron chi connectivity index (χ2n) is 4.51. The van der Waals surface area contributed by atoms with Crippen LogP contribution < -0.4 is 5.32 Å². The van der Waals surface area contributed by atoms with Crippen LogP contribution in [0.2, 0.25) is 12.6 Å². The van der Waals surface area contributed by atoms with E-state index in [0.717, 1.165) is 19.0 Å². The summed E-state index contributed by atoms with van der Waals surface area (Å²) in [6, 6.07) is 0.845. The largest absolute Gasteiger partial charge is 0.448 e. The van der Waals surface area contributed by atoms with Gasteiger partial charge in [-0.2, -0.15) is 0 Å². The summed E-state index contributed by atoms with van der Waals surface area (Å²) in [4.78, 5) is 13.2. The minimum atomic E-state index is -2.01. The maximum atomic E-state index is 11.3. The summed E-state index contributed by atoms with van der Waals surface area (Å²) in [7, 11) is 5.19. The van der Waals surface area contributed by atoms with Gasteiger partial charge in [-0.15, -0.1) is 0 Å². The highest BCUT2D eigenvalue weighted by Crippen LogP contribution is 2.12. The Labute approximate surface area is 111 Å². The third-order valence-electron chi connectivity index (χ3n) is 2.71. The molecule has 0 bridgehead atoms. The molecule has 18 heavy (non-hydrogen) atoms. The molecule has 7 heteroatoms. The Hall–Kier alpha value is -0.633. The van der Waals surface area contributed by atoms with E-state index < -0.39 is 8.56 Å². The molecule has 0 heterocycles.